The van der Waals surface area contributed by atoms with E-state index >= 15 is 0 Å². The molecule has 3 N–H and O–H groups in total. The predicted octanol–water partition coefficient (Wildman–Crippen LogP) is 1.72. The molecule has 6 nitrogen and oxygen atoms in total. The Kier molecular flexibility index (Phi) is 4.33. The van der Waals surface area contributed by atoms with Gasteiger partial charge in [0.2, 0.25) is 0 Å². The second-order valence-electron chi connectivity index (χ2n) is 5.02. The van der Waals surface area contributed by atoms with Crippen LogP contribution in [0.5, 0.6) is 0 Å². The van der Waals surface area contributed by atoms with Crippen molar-refractivity contribution in [1.29, 1.82) is 0 Å². The van der Waals surface area contributed by atoms with Crippen molar-refractivity contribution in [2.75, 3.05) is 13.1 Å². The fourth-order valence-corrected chi connectivity index (χ4v) is 2.25. The molecular formula is C17H16N4O2. The van der Waals surface area contributed by atoms with E-state index in [-0.39, 0.29) is 11.8 Å². The monoisotopic (exact) mass is 308 g/mol. The Morgan fingerprint density at radius 2 is 1.65 bits per heavy atom. The number of nitrogens with zero attached hydrogens (tertiary/aromatic N) is 1. The van der Waals surface area contributed by atoms with E-state index in [0.29, 0.717) is 24.3 Å². The van der Waals surface area contributed by atoms with Gasteiger partial charge in [-0.1, -0.05) is 18.2 Å². The highest BCUT2D eigenvalue weighted by molar-refractivity contribution is 5.98. The van der Waals surface area contributed by atoms with Crippen LogP contribution in [-0.4, -0.2) is 34.9 Å². The Bertz CT molecular complexity index is 794. The molecule has 6 heteroatoms. The van der Waals surface area contributed by atoms with Gasteiger partial charge in [0, 0.05) is 41.9 Å². The molecular weight excluding hydrogens is 292 g/mol. The van der Waals surface area contributed by atoms with Crippen molar-refractivity contribution in [3.8, 4) is 0 Å². The smallest absolute Gasteiger partial charge is 0.267 e. The standard InChI is InChI=1S/C17H16N4O2/c22-16(12-5-7-18-8-6-12)19-9-10-20-17(23)15-11-13-3-1-2-4-14(13)21-15/h1-8,11,21H,9-10H2,(H,19,22)(H,20,23). The van der Waals surface area contributed by atoms with Crippen LogP contribution in [0.25, 0.3) is 10.9 Å². The topological polar surface area (TPSA) is 86.9 Å². The van der Waals surface area contributed by atoms with E-state index in [1.807, 2.05) is 24.3 Å². The number of carbonyl (C=O) groups is 2. The average molecular weight is 308 g/mol. The third kappa shape index (κ3) is 3.55. The van der Waals surface area contributed by atoms with Gasteiger partial charge >= 0.3 is 0 Å². The molecule has 0 spiro atoms. The lowest BCUT2D eigenvalue weighted by Gasteiger charge is -2.06. The van der Waals surface area contributed by atoms with Gasteiger partial charge < -0.3 is 15.6 Å². The van der Waals surface area contributed by atoms with Crippen LogP contribution in [-0.2, 0) is 0 Å². The second-order valence-corrected chi connectivity index (χ2v) is 5.02. The molecule has 0 saturated heterocycles. The van der Waals surface area contributed by atoms with Gasteiger partial charge in [-0.15, -0.1) is 0 Å². The van der Waals surface area contributed by atoms with Crippen molar-refractivity contribution in [3.63, 3.8) is 0 Å². The predicted molar refractivity (Wildman–Crippen MR) is 87.2 cm³/mol. The average Bonchev–Trinajstić information content (AvgIpc) is 3.03. The molecule has 0 atom stereocenters. The van der Waals surface area contributed by atoms with E-state index in [1.165, 1.54) is 0 Å². The van der Waals surface area contributed by atoms with E-state index in [0.717, 1.165) is 10.9 Å². The number of amides is 2. The normalized spacial score (nSPS) is 10.4. The summed E-state index contributed by atoms with van der Waals surface area (Å²) in [6.45, 7) is 0.706. The van der Waals surface area contributed by atoms with Crippen molar-refractivity contribution in [2.45, 2.75) is 0 Å². The highest BCUT2D eigenvalue weighted by atomic mass is 16.2. The van der Waals surface area contributed by atoms with Crippen molar-refractivity contribution < 1.29 is 9.59 Å². The van der Waals surface area contributed by atoms with Gasteiger partial charge in [0.05, 0.1) is 0 Å². The fraction of sp³-hybridized carbons (Fsp3) is 0.118. The minimum absolute atomic E-state index is 0.188. The molecule has 2 aromatic heterocycles. The van der Waals surface area contributed by atoms with Crippen LogP contribution in [0.15, 0.2) is 54.9 Å². The molecule has 2 heterocycles. The molecule has 3 aromatic rings. The summed E-state index contributed by atoms with van der Waals surface area (Å²) in [5.41, 5.74) is 1.97. The third-order valence-corrected chi connectivity index (χ3v) is 3.41. The molecule has 0 aliphatic rings. The largest absolute Gasteiger partial charge is 0.351 e. The first-order valence-corrected chi connectivity index (χ1v) is 7.28. The number of rotatable bonds is 5. The van der Waals surface area contributed by atoms with Crippen molar-refractivity contribution >= 4 is 22.7 Å². The van der Waals surface area contributed by atoms with Gasteiger partial charge in [0.25, 0.3) is 11.8 Å². The van der Waals surface area contributed by atoms with Gasteiger partial charge in [0.1, 0.15) is 5.69 Å². The molecule has 0 radical (unpaired) electrons. The summed E-state index contributed by atoms with van der Waals surface area (Å²) in [6.07, 6.45) is 3.12. The van der Waals surface area contributed by atoms with Crippen molar-refractivity contribution in [2.24, 2.45) is 0 Å². The molecule has 116 valence electrons. The molecule has 0 aliphatic carbocycles. The number of pyridine rings is 1. The number of hydrogen-bond donors (Lipinski definition) is 3. The lowest BCUT2D eigenvalue weighted by atomic mass is 10.2. The van der Waals surface area contributed by atoms with Crippen molar-refractivity contribution in [1.82, 2.24) is 20.6 Å². The van der Waals surface area contributed by atoms with E-state index in [4.69, 9.17) is 0 Å². The molecule has 0 fully saturated rings. The van der Waals surface area contributed by atoms with Gasteiger partial charge in [-0.3, -0.25) is 14.6 Å². The lowest BCUT2D eigenvalue weighted by Crippen LogP contribution is -2.34. The fourth-order valence-electron chi connectivity index (χ4n) is 2.25. The van der Waals surface area contributed by atoms with Crippen LogP contribution in [0.4, 0.5) is 0 Å². The number of nitrogens with one attached hydrogen (secondary N) is 3. The molecule has 1 aromatic carbocycles. The van der Waals surface area contributed by atoms with Gasteiger partial charge in [-0.25, -0.2) is 0 Å². The van der Waals surface area contributed by atoms with E-state index in [9.17, 15) is 9.59 Å². The minimum atomic E-state index is -0.195. The first-order valence-electron chi connectivity index (χ1n) is 7.28. The minimum Gasteiger partial charge on any atom is -0.351 e. The summed E-state index contributed by atoms with van der Waals surface area (Å²) >= 11 is 0. The van der Waals surface area contributed by atoms with Crippen LogP contribution in [0.2, 0.25) is 0 Å². The van der Waals surface area contributed by atoms with Crippen LogP contribution in [0.1, 0.15) is 20.8 Å². The Labute approximate surface area is 132 Å². The molecule has 0 saturated carbocycles. The zero-order chi connectivity index (χ0) is 16.1. The van der Waals surface area contributed by atoms with E-state index < -0.39 is 0 Å². The summed E-state index contributed by atoms with van der Waals surface area (Å²) in [5.74, 6) is -0.383. The SMILES string of the molecule is O=C(NCCNC(=O)c1cc2ccccc2[nH]1)c1ccncc1. The molecule has 0 unspecified atom stereocenters. The second kappa shape index (κ2) is 6.74. The molecule has 23 heavy (non-hydrogen) atoms. The number of para-hydroxylation sites is 1. The van der Waals surface area contributed by atoms with Gasteiger partial charge in [0.15, 0.2) is 0 Å². The van der Waals surface area contributed by atoms with E-state index in [1.54, 1.807) is 30.6 Å². The number of aromatic nitrogens is 2. The van der Waals surface area contributed by atoms with Crippen LogP contribution >= 0.6 is 0 Å². The van der Waals surface area contributed by atoms with Crippen molar-refractivity contribution in [3.05, 3.63) is 66.1 Å². The Balaban J connectivity index is 1.49. The molecule has 3 rings (SSSR count). The highest BCUT2D eigenvalue weighted by Crippen LogP contribution is 2.14. The Morgan fingerprint density at radius 3 is 2.39 bits per heavy atom. The Hall–Kier alpha value is -3.15. The maximum absolute atomic E-state index is 12.1. The summed E-state index contributed by atoms with van der Waals surface area (Å²) < 4.78 is 0. The number of fused-ring (bicyclic) bond motifs is 1. The van der Waals surface area contributed by atoms with Crippen LogP contribution < -0.4 is 10.6 Å². The quantitative estimate of drug-likeness (QED) is 0.627. The lowest BCUT2D eigenvalue weighted by molar-refractivity contribution is 0.0925. The summed E-state index contributed by atoms with van der Waals surface area (Å²) in [4.78, 5) is 30.8. The molecule has 0 bridgehead atoms. The summed E-state index contributed by atoms with van der Waals surface area (Å²) in [5, 5.41) is 6.50. The maximum Gasteiger partial charge on any atom is 0.267 e. The third-order valence-electron chi connectivity index (χ3n) is 3.41. The van der Waals surface area contributed by atoms with Crippen LogP contribution in [0, 0.1) is 0 Å². The maximum atomic E-state index is 12.1. The first kappa shape index (κ1) is 14.8. The zero-order valence-corrected chi connectivity index (χ0v) is 12.4. The van der Waals surface area contributed by atoms with Crippen LogP contribution in [0.3, 0.4) is 0 Å². The molecule has 0 aliphatic heterocycles. The summed E-state index contributed by atoms with van der Waals surface area (Å²) in [6, 6.07) is 12.8. The number of aromatic amines is 1. The first-order chi connectivity index (χ1) is 11.2. The number of carbonyl (C=O) groups excluding carboxylic acids is 2. The van der Waals surface area contributed by atoms with E-state index in [2.05, 4.69) is 20.6 Å². The number of H-pyrrole nitrogens is 1. The Morgan fingerprint density at radius 1 is 0.957 bits per heavy atom. The van der Waals surface area contributed by atoms with Gasteiger partial charge in [-0.05, 0) is 24.3 Å². The zero-order valence-electron chi connectivity index (χ0n) is 12.4. The highest BCUT2D eigenvalue weighted by Gasteiger charge is 2.09. The molecule has 2 amide bonds. The number of hydrogen-bond acceptors (Lipinski definition) is 3. The summed E-state index contributed by atoms with van der Waals surface area (Å²) in [7, 11) is 0. The number of benzene rings is 1. The van der Waals surface area contributed by atoms with Gasteiger partial charge in [-0.2, -0.15) is 0 Å².